The third-order valence-electron chi connectivity index (χ3n) is 5.14. The number of nitro groups is 1. The second kappa shape index (κ2) is 11.2. The molecule has 0 aliphatic carbocycles. The van der Waals surface area contributed by atoms with Gasteiger partial charge in [-0.25, -0.2) is 4.57 Å². The summed E-state index contributed by atoms with van der Waals surface area (Å²) < 4.78 is 1.33. The van der Waals surface area contributed by atoms with E-state index >= 15 is 0 Å². The van der Waals surface area contributed by atoms with Crippen molar-refractivity contribution in [3.8, 4) is 0 Å². The van der Waals surface area contributed by atoms with Crippen molar-refractivity contribution in [2.45, 2.75) is 76.8 Å². The molecule has 13 nitrogen and oxygen atoms in total. The van der Waals surface area contributed by atoms with E-state index in [-0.39, 0.29) is 32.1 Å². The second-order valence-electron chi connectivity index (χ2n) is 8.22. The van der Waals surface area contributed by atoms with Crippen LogP contribution in [-0.4, -0.2) is 62.0 Å². The van der Waals surface area contributed by atoms with E-state index in [0.717, 1.165) is 0 Å². The Hall–Kier alpha value is -2.35. The zero-order chi connectivity index (χ0) is 22.9. The molecule has 3 unspecified atom stereocenters. The number of imidazole rings is 1. The summed E-state index contributed by atoms with van der Waals surface area (Å²) in [6.45, 7) is 8.80. The Kier molecular flexibility index (Phi) is 9.55. The predicted molar refractivity (Wildman–Crippen MR) is 110 cm³/mol. The lowest BCUT2D eigenvalue weighted by molar-refractivity contribution is -0.396. The molecule has 0 radical (unpaired) electrons. The van der Waals surface area contributed by atoms with E-state index < -0.39 is 34.2 Å². The van der Waals surface area contributed by atoms with Gasteiger partial charge < -0.3 is 20.5 Å². The van der Waals surface area contributed by atoms with Crippen molar-refractivity contribution in [2.75, 3.05) is 13.2 Å². The summed E-state index contributed by atoms with van der Waals surface area (Å²) in [5, 5.41) is 29.8. The smallest absolute Gasteiger partial charge is 0.394 e. The molecule has 0 aromatic carbocycles. The minimum atomic E-state index is -0.919. The summed E-state index contributed by atoms with van der Waals surface area (Å²) in [5.74, 6) is -0.310. The van der Waals surface area contributed by atoms with Crippen molar-refractivity contribution >= 4 is 5.95 Å². The highest BCUT2D eigenvalue weighted by molar-refractivity contribution is 5.06. The number of hydroxylamine groups is 1. The predicted octanol–water partition coefficient (Wildman–Crippen LogP) is 1.50. The van der Waals surface area contributed by atoms with Crippen molar-refractivity contribution in [1.82, 2.24) is 20.3 Å². The van der Waals surface area contributed by atoms with Crippen molar-refractivity contribution in [3.63, 3.8) is 0 Å². The summed E-state index contributed by atoms with van der Waals surface area (Å²) in [5.41, 5.74) is 1.25. The fourth-order valence-electron chi connectivity index (χ4n) is 2.56. The fraction of sp³-hybridized carbons (Fsp3) is 0.824. The van der Waals surface area contributed by atoms with Crippen LogP contribution >= 0.6 is 0 Å². The van der Waals surface area contributed by atoms with Gasteiger partial charge in [0.15, 0.2) is 0 Å². The van der Waals surface area contributed by atoms with Crippen molar-refractivity contribution in [2.24, 2.45) is 10.4 Å². The molecule has 3 N–H and O–H groups in total. The van der Waals surface area contributed by atoms with Gasteiger partial charge in [0, 0.05) is 18.5 Å². The number of rotatable bonds is 15. The van der Waals surface area contributed by atoms with E-state index in [2.05, 4.69) is 26.1 Å². The molecule has 0 saturated carbocycles. The van der Waals surface area contributed by atoms with Crippen LogP contribution in [0.2, 0.25) is 0 Å². The van der Waals surface area contributed by atoms with E-state index in [1.165, 1.54) is 17.0 Å². The van der Waals surface area contributed by atoms with Gasteiger partial charge in [-0.1, -0.05) is 15.3 Å². The average Bonchev–Trinajstić information content (AvgIpc) is 3.16. The van der Waals surface area contributed by atoms with Gasteiger partial charge in [0.05, 0.1) is 18.7 Å². The normalized spacial score (nSPS) is 15.4. The number of nitrogens with zero attached hydrogens (tertiary/aromatic N) is 5. The number of hydrogen-bond acceptors (Lipinski definition) is 11. The van der Waals surface area contributed by atoms with Crippen LogP contribution in [0.15, 0.2) is 22.7 Å². The Morgan fingerprint density at radius 3 is 2.50 bits per heavy atom. The standard InChI is InChI=1S/C17H31N7O6/c1-12(20-26)16(2,3)19-10-13(11-25)30-22-17(4,5)14(21-27)6-8-23-9-7-18-15(23)24(28)29/h7,9,12-14,19,22,25H,6,8,10-11H2,1-5H3. The number of nitrogens with one attached hydrogen (secondary N) is 2. The van der Waals surface area contributed by atoms with E-state index in [0.29, 0.717) is 0 Å². The second-order valence-corrected chi connectivity index (χ2v) is 8.22. The molecule has 13 heteroatoms. The van der Waals surface area contributed by atoms with Crippen LogP contribution in [0.25, 0.3) is 0 Å². The van der Waals surface area contributed by atoms with Crippen LogP contribution in [-0.2, 0) is 11.4 Å². The molecule has 1 aromatic rings. The highest BCUT2D eigenvalue weighted by atomic mass is 16.7. The third kappa shape index (κ3) is 7.16. The Labute approximate surface area is 174 Å². The highest BCUT2D eigenvalue weighted by Crippen LogP contribution is 2.19. The number of aliphatic hydroxyl groups excluding tert-OH is 1. The molecule has 0 saturated heterocycles. The first-order valence-electron chi connectivity index (χ1n) is 9.57. The summed E-state index contributed by atoms with van der Waals surface area (Å²) >= 11 is 0. The Balaban J connectivity index is 2.65. The quantitative estimate of drug-likeness (QED) is 0.212. The minimum Gasteiger partial charge on any atom is -0.394 e. The zero-order valence-corrected chi connectivity index (χ0v) is 17.9. The van der Waals surface area contributed by atoms with E-state index in [1.807, 2.05) is 13.8 Å². The van der Waals surface area contributed by atoms with Gasteiger partial charge in [-0.3, -0.25) is 4.84 Å². The maximum Gasteiger partial charge on any atom is 0.434 e. The largest absolute Gasteiger partial charge is 0.434 e. The molecule has 0 spiro atoms. The minimum absolute atomic E-state index is 0.174. The van der Waals surface area contributed by atoms with Gasteiger partial charge >= 0.3 is 5.95 Å². The molecule has 170 valence electrons. The first-order valence-corrected chi connectivity index (χ1v) is 9.57. The van der Waals surface area contributed by atoms with Crippen molar-refractivity contribution in [3.05, 3.63) is 32.3 Å². The molecule has 1 aromatic heterocycles. The van der Waals surface area contributed by atoms with Crippen LogP contribution in [0, 0.1) is 19.9 Å². The molecule has 0 fully saturated rings. The van der Waals surface area contributed by atoms with Gasteiger partial charge in [-0.15, -0.1) is 0 Å². The molecule has 0 bridgehead atoms. The molecule has 30 heavy (non-hydrogen) atoms. The van der Waals surface area contributed by atoms with Crippen LogP contribution in [0.5, 0.6) is 0 Å². The molecule has 1 rings (SSSR count). The van der Waals surface area contributed by atoms with Crippen LogP contribution < -0.4 is 10.8 Å². The highest BCUT2D eigenvalue weighted by Gasteiger charge is 2.33. The molecule has 0 aliphatic rings. The van der Waals surface area contributed by atoms with Gasteiger partial charge in [-0.05, 0) is 39.5 Å². The lowest BCUT2D eigenvalue weighted by atomic mass is 9.93. The van der Waals surface area contributed by atoms with Crippen LogP contribution in [0.4, 0.5) is 5.95 Å². The first kappa shape index (κ1) is 25.7. The maximum atomic E-state index is 11.4. The summed E-state index contributed by atoms with van der Waals surface area (Å²) in [6.07, 6.45) is 2.32. The Morgan fingerprint density at radius 2 is 1.97 bits per heavy atom. The molecular formula is C17H31N7O6. The monoisotopic (exact) mass is 429 g/mol. The zero-order valence-electron chi connectivity index (χ0n) is 17.9. The lowest BCUT2D eigenvalue weighted by Crippen LogP contribution is -2.54. The fourth-order valence-corrected chi connectivity index (χ4v) is 2.56. The van der Waals surface area contributed by atoms with Gasteiger partial charge in [-0.2, -0.15) is 15.3 Å². The summed E-state index contributed by atoms with van der Waals surface area (Å²) in [6, 6.07) is -1.26. The summed E-state index contributed by atoms with van der Waals surface area (Å²) in [4.78, 5) is 41.7. The Bertz CT molecular complexity index is 709. The number of aromatic nitrogens is 2. The molecule has 1 heterocycles. The molecule has 0 aliphatic heterocycles. The lowest BCUT2D eigenvalue weighted by Gasteiger charge is -2.33. The number of aryl methyl sites for hydroxylation is 1. The molecule has 3 atom stereocenters. The Morgan fingerprint density at radius 1 is 1.30 bits per heavy atom. The van der Waals surface area contributed by atoms with E-state index in [1.54, 1.807) is 20.8 Å². The van der Waals surface area contributed by atoms with Gasteiger partial charge in [0.2, 0.25) is 0 Å². The van der Waals surface area contributed by atoms with E-state index in [4.69, 9.17) is 4.84 Å². The SMILES string of the molecule is CC(N=O)C(C)(C)NCC(CO)ONC(C)(C)C(CCn1ccnc1[N+](=O)[O-])N=O. The first-order chi connectivity index (χ1) is 14.0. The van der Waals surface area contributed by atoms with Gasteiger partial charge in [0.1, 0.15) is 30.6 Å². The van der Waals surface area contributed by atoms with E-state index in [9.17, 15) is 25.0 Å². The van der Waals surface area contributed by atoms with Crippen LogP contribution in [0.1, 0.15) is 41.0 Å². The van der Waals surface area contributed by atoms with Crippen molar-refractivity contribution in [1.29, 1.82) is 0 Å². The summed E-state index contributed by atoms with van der Waals surface area (Å²) in [7, 11) is 0. The third-order valence-corrected chi connectivity index (χ3v) is 5.14. The van der Waals surface area contributed by atoms with Crippen LogP contribution in [0.3, 0.4) is 0 Å². The van der Waals surface area contributed by atoms with Gasteiger partial charge in [0.25, 0.3) is 0 Å². The topological polar surface area (TPSA) is 173 Å². The number of nitroso groups, excluding NO2 is 2. The molecule has 0 amide bonds. The van der Waals surface area contributed by atoms with Crippen molar-refractivity contribution < 1.29 is 14.9 Å². The molecular weight excluding hydrogens is 398 g/mol. The number of aliphatic hydroxyl groups is 1. The average molecular weight is 429 g/mol. The maximum absolute atomic E-state index is 11.4. The number of hydrogen-bond donors (Lipinski definition) is 3.